The first-order chi connectivity index (χ1) is 15.9. The van der Waals surface area contributed by atoms with E-state index in [0.29, 0.717) is 23.1 Å². The lowest BCUT2D eigenvalue weighted by molar-refractivity contribution is 0.196. The van der Waals surface area contributed by atoms with E-state index in [1.165, 1.54) is 6.07 Å². The number of hydrogen-bond acceptors (Lipinski definition) is 7. The molecule has 4 rings (SSSR count). The number of aromatic hydroxyl groups is 1. The number of aryl methyl sites for hydroxylation is 2. The van der Waals surface area contributed by atoms with Crippen LogP contribution < -0.4 is 9.47 Å². The zero-order chi connectivity index (χ0) is 23.4. The van der Waals surface area contributed by atoms with Gasteiger partial charge in [0.15, 0.2) is 0 Å². The smallest absolute Gasteiger partial charge is 0.270 e. The molecule has 1 unspecified atom stereocenters. The molecule has 8 heteroatoms. The van der Waals surface area contributed by atoms with Crippen LogP contribution in [0, 0.1) is 13.8 Å². The van der Waals surface area contributed by atoms with E-state index in [1.807, 2.05) is 38.1 Å². The van der Waals surface area contributed by atoms with Gasteiger partial charge in [-0.3, -0.25) is 0 Å². The lowest BCUT2D eigenvalue weighted by atomic mass is 9.98. The summed E-state index contributed by atoms with van der Waals surface area (Å²) in [5, 5.41) is 18.4. The van der Waals surface area contributed by atoms with Gasteiger partial charge < -0.3 is 24.2 Å². The third kappa shape index (κ3) is 5.31. The highest BCUT2D eigenvalue weighted by atomic mass is 32.2. The van der Waals surface area contributed by atoms with E-state index in [-0.39, 0.29) is 19.1 Å². The van der Waals surface area contributed by atoms with Crippen molar-refractivity contribution >= 4 is 10.9 Å². The van der Waals surface area contributed by atoms with Gasteiger partial charge in [0, 0.05) is 27.3 Å². The molecule has 1 atom stereocenters. The van der Waals surface area contributed by atoms with E-state index in [4.69, 9.17) is 14.6 Å². The number of nitrogens with zero attached hydrogens (tertiary/aromatic N) is 2. The van der Waals surface area contributed by atoms with Gasteiger partial charge in [-0.05, 0) is 60.9 Å². The first kappa shape index (κ1) is 22.7. The Kier molecular flexibility index (Phi) is 6.88. The van der Waals surface area contributed by atoms with Crippen molar-refractivity contribution in [2.75, 3.05) is 13.2 Å². The number of pyridine rings is 1. The van der Waals surface area contributed by atoms with Crippen LogP contribution in [-0.4, -0.2) is 37.3 Å². The first-order valence-electron chi connectivity index (χ1n) is 10.4. The standard InChI is InChI=1S/C25H24N2O5S/c1-16-12-24(31-11-10-28)26-17(2)25(16)20-5-3-4-18(13-20)15-32-21-8-6-19(7-9-21)22-14-23(29)27-33(22)30/h3-9,12-14,28H,10-11,15H2,1-2H3,(H,27,29). The van der Waals surface area contributed by atoms with Crippen LogP contribution in [0.25, 0.3) is 21.6 Å². The van der Waals surface area contributed by atoms with Gasteiger partial charge in [-0.2, -0.15) is 0 Å². The third-order valence-corrected chi connectivity index (χ3v) is 6.18. The summed E-state index contributed by atoms with van der Waals surface area (Å²) >= 11 is 0. The summed E-state index contributed by atoms with van der Waals surface area (Å²) in [6, 6.07) is 18.6. The van der Waals surface area contributed by atoms with Crippen molar-refractivity contribution in [3.63, 3.8) is 0 Å². The summed E-state index contributed by atoms with van der Waals surface area (Å²) in [4.78, 5) is 4.98. The van der Waals surface area contributed by atoms with Crippen molar-refractivity contribution in [3.8, 4) is 39.1 Å². The minimum atomic E-state index is -1.58. The number of aliphatic hydroxyl groups is 1. The van der Waals surface area contributed by atoms with Crippen molar-refractivity contribution in [2.24, 2.45) is 0 Å². The molecule has 2 aromatic heterocycles. The van der Waals surface area contributed by atoms with Gasteiger partial charge in [0.25, 0.3) is 5.88 Å². The number of rotatable bonds is 8. The third-order valence-electron chi connectivity index (χ3n) is 5.10. The Bertz CT molecular complexity index is 1230. The van der Waals surface area contributed by atoms with Crippen LogP contribution in [0.4, 0.5) is 0 Å². The zero-order valence-corrected chi connectivity index (χ0v) is 19.1. The second kappa shape index (κ2) is 9.99. The van der Waals surface area contributed by atoms with Gasteiger partial charge in [-0.1, -0.05) is 18.2 Å². The van der Waals surface area contributed by atoms with Gasteiger partial charge in [0.05, 0.1) is 23.6 Å². The maximum absolute atomic E-state index is 11.9. The minimum Gasteiger partial charge on any atom is -0.568 e. The number of hydrogen-bond donors (Lipinski definition) is 2. The fourth-order valence-corrected chi connectivity index (χ4v) is 4.53. The quantitative estimate of drug-likeness (QED) is 0.360. The maximum Gasteiger partial charge on any atom is 0.270 e. The van der Waals surface area contributed by atoms with Crippen molar-refractivity contribution < 1.29 is 24.2 Å². The van der Waals surface area contributed by atoms with Crippen molar-refractivity contribution in [1.29, 1.82) is 0 Å². The highest BCUT2D eigenvalue weighted by Gasteiger charge is 2.15. The van der Waals surface area contributed by atoms with Crippen molar-refractivity contribution in [1.82, 2.24) is 9.36 Å². The minimum absolute atomic E-state index is 0.0539. The predicted molar refractivity (Wildman–Crippen MR) is 126 cm³/mol. The molecule has 2 aromatic carbocycles. The molecular formula is C25H24N2O5S. The highest BCUT2D eigenvalue weighted by molar-refractivity contribution is 7.23. The zero-order valence-electron chi connectivity index (χ0n) is 18.3. The lowest BCUT2D eigenvalue weighted by Crippen LogP contribution is -2.05. The van der Waals surface area contributed by atoms with Gasteiger partial charge in [0.2, 0.25) is 10.8 Å². The van der Waals surface area contributed by atoms with Gasteiger partial charge in [0.1, 0.15) is 19.0 Å². The lowest BCUT2D eigenvalue weighted by Gasteiger charge is -2.14. The van der Waals surface area contributed by atoms with Gasteiger partial charge >= 0.3 is 0 Å². The van der Waals surface area contributed by atoms with Crippen molar-refractivity contribution in [3.05, 3.63) is 77.5 Å². The van der Waals surface area contributed by atoms with E-state index in [9.17, 15) is 9.66 Å². The van der Waals surface area contributed by atoms with E-state index in [0.717, 1.165) is 33.5 Å². The van der Waals surface area contributed by atoms with E-state index >= 15 is 0 Å². The highest BCUT2D eigenvalue weighted by Crippen LogP contribution is 2.34. The maximum atomic E-state index is 11.9. The van der Waals surface area contributed by atoms with Crippen LogP contribution in [0.5, 0.6) is 17.5 Å². The molecule has 2 N–H and O–H groups in total. The molecule has 0 amide bonds. The molecule has 0 aliphatic heterocycles. The van der Waals surface area contributed by atoms with Crippen LogP contribution in [0.15, 0.2) is 60.7 Å². The SMILES string of the molecule is Cc1cc(OCCO)nc(C)c1-c1cccc(COc2ccc(-c3cc(O)n[s+]3[O-])cc2)c1. The summed E-state index contributed by atoms with van der Waals surface area (Å²) in [6.07, 6.45) is 0. The van der Waals surface area contributed by atoms with Crippen LogP contribution in [0.3, 0.4) is 0 Å². The number of aliphatic hydroxyl groups excluding tert-OH is 1. The Morgan fingerprint density at radius 2 is 1.76 bits per heavy atom. The molecule has 0 aliphatic carbocycles. The van der Waals surface area contributed by atoms with Crippen LogP contribution >= 0.6 is 10.9 Å². The average Bonchev–Trinajstić information content (AvgIpc) is 3.14. The Hall–Kier alpha value is -3.46. The Labute approximate surface area is 194 Å². The molecule has 7 nitrogen and oxygen atoms in total. The topological polar surface area (TPSA) is 108 Å². The van der Waals surface area contributed by atoms with E-state index in [1.54, 1.807) is 24.3 Å². The molecule has 0 radical (unpaired) electrons. The fourth-order valence-electron chi connectivity index (χ4n) is 3.67. The largest absolute Gasteiger partial charge is 0.568 e. The van der Waals surface area contributed by atoms with Crippen LogP contribution in [0.2, 0.25) is 0 Å². The van der Waals surface area contributed by atoms with Gasteiger partial charge in [-0.25, -0.2) is 4.98 Å². The molecule has 0 bridgehead atoms. The van der Waals surface area contributed by atoms with Crippen LogP contribution in [-0.2, 0) is 6.61 Å². The average molecular weight is 465 g/mol. The molecule has 170 valence electrons. The summed E-state index contributed by atoms with van der Waals surface area (Å²) in [7, 11) is -1.58. The van der Waals surface area contributed by atoms with E-state index < -0.39 is 10.9 Å². The summed E-state index contributed by atoms with van der Waals surface area (Å²) in [6.45, 7) is 4.50. The van der Waals surface area contributed by atoms with E-state index in [2.05, 4.69) is 15.4 Å². The number of aromatic nitrogens is 2. The molecule has 2 heterocycles. The second-order valence-electron chi connectivity index (χ2n) is 7.53. The Morgan fingerprint density at radius 3 is 2.42 bits per heavy atom. The molecule has 0 saturated heterocycles. The second-order valence-corrected chi connectivity index (χ2v) is 8.65. The Morgan fingerprint density at radius 1 is 0.970 bits per heavy atom. The molecule has 0 saturated carbocycles. The summed E-state index contributed by atoms with van der Waals surface area (Å²) in [5.41, 5.74) is 5.70. The number of ether oxygens (including phenoxy) is 2. The normalized spacial score (nSPS) is 11.5. The predicted octanol–water partition coefficient (Wildman–Crippen LogP) is 4.81. The van der Waals surface area contributed by atoms with Crippen LogP contribution in [0.1, 0.15) is 16.8 Å². The molecule has 0 fully saturated rings. The fraction of sp³-hybridized carbons (Fsp3) is 0.200. The number of benzene rings is 2. The molecule has 0 aliphatic rings. The Balaban J connectivity index is 1.47. The molecular weight excluding hydrogens is 440 g/mol. The summed E-state index contributed by atoms with van der Waals surface area (Å²) in [5.74, 6) is 0.958. The monoisotopic (exact) mass is 464 g/mol. The van der Waals surface area contributed by atoms with Crippen molar-refractivity contribution in [2.45, 2.75) is 20.5 Å². The molecule has 4 aromatic rings. The van der Waals surface area contributed by atoms with Gasteiger partial charge in [-0.15, -0.1) is 0 Å². The summed E-state index contributed by atoms with van der Waals surface area (Å²) < 4.78 is 26.9. The molecule has 33 heavy (non-hydrogen) atoms. The molecule has 0 spiro atoms. The first-order valence-corrected chi connectivity index (χ1v) is 11.5.